The Morgan fingerprint density at radius 3 is 2.35 bits per heavy atom. The minimum absolute atomic E-state index is 0.112. The van der Waals surface area contributed by atoms with E-state index in [-0.39, 0.29) is 17.8 Å². The number of ketones is 1. The zero-order chi connectivity index (χ0) is 12.4. The van der Waals surface area contributed by atoms with Crippen LogP contribution < -0.4 is 0 Å². The summed E-state index contributed by atoms with van der Waals surface area (Å²) in [4.78, 5) is 12.3. The van der Waals surface area contributed by atoms with Gasteiger partial charge in [-0.2, -0.15) is 0 Å². The standard InChI is InChI=1S/C15H20O2/c1-10-3-4-13(9-11(10)2)15(17)12-5-7-14(16)8-6-12/h3-4,9,12,14,16H,5-8H2,1-2H3. The third-order valence-corrected chi connectivity index (χ3v) is 3.86. The van der Waals surface area contributed by atoms with E-state index in [1.165, 1.54) is 11.1 Å². The first-order valence-corrected chi connectivity index (χ1v) is 6.37. The monoisotopic (exact) mass is 232 g/mol. The molecule has 0 radical (unpaired) electrons. The molecule has 1 aromatic rings. The van der Waals surface area contributed by atoms with Gasteiger partial charge >= 0.3 is 0 Å². The van der Waals surface area contributed by atoms with Crippen LogP contribution in [0.4, 0.5) is 0 Å². The number of rotatable bonds is 2. The largest absolute Gasteiger partial charge is 0.393 e. The predicted octanol–water partition coefficient (Wildman–Crippen LogP) is 3.04. The Morgan fingerprint density at radius 2 is 1.76 bits per heavy atom. The fourth-order valence-corrected chi connectivity index (χ4v) is 2.47. The maximum Gasteiger partial charge on any atom is 0.165 e. The first-order valence-electron chi connectivity index (χ1n) is 6.37. The molecule has 2 nitrogen and oxygen atoms in total. The Labute approximate surface area is 103 Å². The number of hydrogen-bond acceptors (Lipinski definition) is 2. The minimum atomic E-state index is -0.196. The quantitative estimate of drug-likeness (QED) is 0.796. The molecule has 2 heteroatoms. The summed E-state index contributed by atoms with van der Waals surface area (Å²) in [5.74, 6) is 0.362. The Balaban J connectivity index is 2.11. The lowest BCUT2D eigenvalue weighted by molar-refractivity contribution is 0.0764. The van der Waals surface area contributed by atoms with Crippen LogP contribution in [0.2, 0.25) is 0 Å². The second kappa shape index (κ2) is 5.01. The molecule has 1 aliphatic rings. The molecule has 0 atom stereocenters. The molecule has 1 fully saturated rings. The van der Waals surface area contributed by atoms with Crippen molar-refractivity contribution < 1.29 is 9.90 Å². The van der Waals surface area contributed by atoms with E-state index in [9.17, 15) is 9.90 Å². The van der Waals surface area contributed by atoms with E-state index in [2.05, 4.69) is 6.92 Å². The van der Waals surface area contributed by atoms with Gasteiger partial charge in [-0.3, -0.25) is 4.79 Å². The van der Waals surface area contributed by atoms with Crippen molar-refractivity contribution >= 4 is 5.78 Å². The van der Waals surface area contributed by atoms with Gasteiger partial charge in [0, 0.05) is 11.5 Å². The first-order chi connectivity index (χ1) is 8.08. The lowest BCUT2D eigenvalue weighted by Crippen LogP contribution is -2.24. The van der Waals surface area contributed by atoms with Gasteiger partial charge in [-0.25, -0.2) is 0 Å². The number of aliphatic hydroxyl groups excluding tert-OH is 1. The van der Waals surface area contributed by atoms with Crippen molar-refractivity contribution in [3.8, 4) is 0 Å². The molecule has 1 aliphatic carbocycles. The van der Waals surface area contributed by atoms with E-state index in [0.29, 0.717) is 0 Å². The second-order valence-corrected chi connectivity index (χ2v) is 5.17. The van der Waals surface area contributed by atoms with Gasteiger partial charge in [-0.1, -0.05) is 12.1 Å². The highest BCUT2D eigenvalue weighted by Gasteiger charge is 2.25. The molecule has 0 bridgehead atoms. The normalized spacial score (nSPS) is 24.6. The van der Waals surface area contributed by atoms with Crippen LogP contribution >= 0.6 is 0 Å². The summed E-state index contributed by atoms with van der Waals surface area (Å²) >= 11 is 0. The number of carbonyl (C=O) groups is 1. The van der Waals surface area contributed by atoms with E-state index in [0.717, 1.165) is 31.2 Å². The fourth-order valence-electron chi connectivity index (χ4n) is 2.47. The van der Waals surface area contributed by atoms with Crippen LogP contribution in [0.25, 0.3) is 0 Å². The Bertz CT molecular complexity index is 415. The third kappa shape index (κ3) is 2.75. The molecule has 0 aliphatic heterocycles. The first kappa shape index (κ1) is 12.3. The lowest BCUT2D eigenvalue weighted by atomic mass is 9.82. The number of Topliss-reactive ketones (excluding diaryl/α,β-unsaturated/α-hetero) is 1. The van der Waals surface area contributed by atoms with Crippen molar-refractivity contribution in [1.82, 2.24) is 0 Å². The zero-order valence-corrected chi connectivity index (χ0v) is 10.6. The SMILES string of the molecule is Cc1ccc(C(=O)C2CCC(O)CC2)cc1C. The Hall–Kier alpha value is -1.15. The molecule has 1 saturated carbocycles. The summed E-state index contributed by atoms with van der Waals surface area (Å²) in [7, 11) is 0. The summed E-state index contributed by atoms with van der Waals surface area (Å²) in [6.45, 7) is 4.09. The third-order valence-electron chi connectivity index (χ3n) is 3.86. The van der Waals surface area contributed by atoms with Crippen molar-refractivity contribution in [3.63, 3.8) is 0 Å². The summed E-state index contributed by atoms with van der Waals surface area (Å²) in [6, 6.07) is 5.93. The van der Waals surface area contributed by atoms with Crippen molar-refractivity contribution in [2.75, 3.05) is 0 Å². The Kier molecular flexibility index (Phi) is 3.63. The van der Waals surface area contributed by atoms with E-state index in [1.807, 2.05) is 25.1 Å². The molecule has 17 heavy (non-hydrogen) atoms. The highest BCUT2D eigenvalue weighted by Crippen LogP contribution is 2.27. The van der Waals surface area contributed by atoms with Crippen LogP contribution in [-0.2, 0) is 0 Å². The van der Waals surface area contributed by atoms with Gasteiger partial charge in [-0.05, 0) is 56.7 Å². The summed E-state index contributed by atoms with van der Waals surface area (Å²) in [5, 5.41) is 9.45. The number of aryl methyl sites for hydroxylation is 2. The van der Waals surface area contributed by atoms with Crippen LogP contribution in [-0.4, -0.2) is 17.0 Å². The van der Waals surface area contributed by atoms with Gasteiger partial charge in [0.1, 0.15) is 0 Å². The highest BCUT2D eigenvalue weighted by molar-refractivity contribution is 5.98. The number of aliphatic hydroxyl groups is 1. The van der Waals surface area contributed by atoms with Gasteiger partial charge < -0.3 is 5.11 Å². The Morgan fingerprint density at radius 1 is 1.12 bits per heavy atom. The summed E-state index contributed by atoms with van der Waals surface area (Å²) in [5.41, 5.74) is 3.22. The molecule has 0 unspecified atom stereocenters. The predicted molar refractivity (Wildman–Crippen MR) is 68.2 cm³/mol. The molecule has 1 N–H and O–H groups in total. The smallest absolute Gasteiger partial charge is 0.165 e. The van der Waals surface area contributed by atoms with Crippen LogP contribution in [0.5, 0.6) is 0 Å². The summed E-state index contributed by atoms with van der Waals surface area (Å²) in [6.07, 6.45) is 2.99. The van der Waals surface area contributed by atoms with E-state index in [1.54, 1.807) is 0 Å². The maximum atomic E-state index is 12.3. The van der Waals surface area contributed by atoms with Crippen LogP contribution in [0, 0.1) is 19.8 Å². The molecule has 0 aromatic heterocycles. The number of carbonyl (C=O) groups excluding carboxylic acids is 1. The average Bonchev–Trinajstić information content (AvgIpc) is 2.33. The molecule has 0 heterocycles. The number of benzene rings is 1. The number of hydrogen-bond donors (Lipinski definition) is 1. The van der Waals surface area contributed by atoms with Crippen molar-refractivity contribution in [1.29, 1.82) is 0 Å². The molecule has 2 rings (SSSR count). The van der Waals surface area contributed by atoms with Crippen molar-refractivity contribution in [2.45, 2.75) is 45.6 Å². The lowest BCUT2D eigenvalue weighted by Gasteiger charge is -2.24. The van der Waals surface area contributed by atoms with E-state index >= 15 is 0 Å². The molecular formula is C15H20O2. The molecule has 1 aromatic carbocycles. The zero-order valence-electron chi connectivity index (χ0n) is 10.6. The topological polar surface area (TPSA) is 37.3 Å². The maximum absolute atomic E-state index is 12.3. The fraction of sp³-hybridized carbons (Fsp3) is 0.533. The van der Waals surface area contributed by atoms with Crippen LogP contribution in [0.15, 0.2) is 18.2 Å². The van der Waals surface area contributed by atoms with Crippen LogP contribution in [0.1, 0.15) is 47.2 Å². The van der Waals surface area contributed by atoms with Crippen molar-refractivity contribution in [3.05, 3.63) is 34.9 Å². The van der Waals surface area contributed by atoms with E-state index < -0.39 is 0 Å². The molecule has 0 spiro atoms. The highest BCUT2D eigenvalue weighted by atomic mass is 16.3. The summed E-state index contributed by atoms with van der Waals surface area (Å²) < 4.78 is 0. The van der Waals surface area contributed by atoms with E-state index in [4.69, 9.17) is 0 Å². The van der Waals surface area contributed by atoms with Gasteiger partial charge in [0.15, 0.2) is 5.78 Å². The molecule has 92 valence electrons. The molecule has 0 amide bonds. The second-order valence-electron chi connectivity index (χ2n) is 5.17. The van der Waals surface area contributed by atoms with Gasteiger partial charge in [0.05, 0.1) is 6.10 Å². The van der Waals surface area contributed by atoms with Gasteiger partial charge in [0.2, 0.25) is 0 Å². The average molecular weight is 232 g/mol. The minimum Gasteiger partial charge on any atom is -0.393 e. The van der Waals surface area contributed by atoms with Gasteiger partial charge in [-0.15, -0.1) is 0 Å². The van der Waals surface area contributed by atoms with Gasteiger partial charge in [0.25, 0.3) is 0 Å². The van der Waals surface area contributed by atoms with Crippen LogP contribution in [0.3, 0.4) is 0 Å². The molecule has 0 saturated heterocycles. The molecular weight excluding hydrogens is 212 g/mol. The van der Waals surface area contributed by atoms with Crippen molar-refractivity contribution in [2.24, 2.45) is 5.92 Å².